The predicted octanol–water partition coefficient (Wildman–Crippen LogP) is 4.07. The molecule has 2 aromatic rings. The standard InChI is InChI=1S/C22H30N2O/c1-19-17-24(15-13-20-9-5-3-6-10-20)16-14-22(19,18-25-2)23-21-11-7-4-8-12-21/h3-12,19,23H,13-18H2,1-2H3/t19-,22+/m0/s1. The van der Waals surface area contributed by atoms with E-state index in [1.807, 2.05) is 7.11 Å². The number of hydrogen-bond donors (Lipinski definition) is 1. The van der Waals surface area contributed by atoms with E-state index in [1.165, 1.54) is 11.3 Å². The normalized spacial score (nSPS) is 24.2. The first-order chi connectivity index (χ1) is 12.2. The molecular weight excluding hydrogens is 308 g/mol. The van der Waals surface area contributed by atoms with Gasteiger partial charge in [-0.1, -0.05) is 55.5 Å². The molecule has 1 heterocycles. The number of methoxy groups -OCH3 is 1. The van der Waals surface area contributed by atoms with Crippen molar-refractivity contribution in [2.75, 3.05) is 38.7 Å². The third kappa shape index (κ3) is 4.62. The van der Waals surface area contributed by atoms with Crippen LogP contribution in [0, 0.1) is 5.92 Å². The second kappa shape index (κ2) is 8.50. The zero-order valence-electron chi connectivity index (χ0n) is 15.4. The first-order valence-electron chi connectivity index (χ1n) is 9.30. The molecule has 1 aliphatic rings. The van der Waals surface area contributed by atoms with E-state index in [4.69, 9.17) is 4.74 Å². The first-order valence-corrected chi connectivity index (χ1v) is 9.30. The number of likely N-dealkylation sites (tertiary alicyclic amines) is 1. The van der Waals surface area contributed by atoms with Crippen molar-refractivity contribution < 1.29 is 4.74 Å². The first kappa shape index (κ1) is 18.0. The highest BCUT2D eigenvalue weighted by Crippen LogP contribution is 2.32. The van der Waals surface area contributed by atoms with Crippen LogP contribution < -0.4 is 5.32 Å². The quantitative estimate of drug-likeness (QED) is 0.824. The smallest absolute Gasteiger partial charge is 0.0696 e. The largest absolute Gasteiger partial charge is 0.382 e. The van der Waals surface area contributed by atoms with Crippen LogP contribution in [0.2, 0.25) is 0 Å². The molecule has 0 radical (unpaired) electrons. The van der Waals surface area contributed by atoms with Gasteiger partial charge in [-0.15, -0.1) is 0 Å². The van der Waals surface area contributed by atoms with Gasteiger partial charge in [0.25, 0.3) is 0 Å². The minimum absolute atomic E-state index is 0.0132. The van der Waals surface area contributed by atoms with Gasteiger partial charge < -0.3 is 15.0 Å². The Bertz CT molecular complexity index is 631. The average molecular weight is 338 g/mol. The lowest BCUT2D eigenvalue weighted by Gasteiger charge is -2.47. The molecule has 0 aliphatic carbocycles. The predicted molar refractivity (Wildman–Crippen MR) is 105 cm³/mol. The van der Waals surface area contributed by atoms with Crippen LogP contribution in [0.15, 0.2) is 60.7 Å². The van der Waals surface area contributed by atoms with E-state index >= 15 is 0 Å². The molecule has 2 aromatic carbocycles. The van der Waals surface area contributed by atoms with Crippen LogP contribution in [-0.4, -0.2) is 43.8 Å². The van der Waals surface area contributed by atoms with E-state index in [-0.39, 0.29) is 5.54 Å². The zero-order valence-corrected chi connectivity index (χ0v) is 15.4. The van der Waals surface area contributed by atoms with Crippen LogP contribution in [0.1, 0.15) is 18.9 Å². The van der Waals surface area contributed by atoms with Crippen molar-refractivity contribution in [2.24, 2.45) is 5.92 Å². The molecule has 25 heavy (non-hydrogen) atoms. The number of nitrogens with zero attached hydrogens (tertiary/aromatic N) is 1. The molecule has 0 unspecified atom stereocenters. The lowest BCUT2D eigenvalue weighted by atomic mass is 9.79. The third-order valence-electron chi connectivity index (χ3n) is 5.48. The number of ether oxygens (including phenoxy) is 1. The summed E-state index contributed by atoms with van der Waals surface area (Å²) in [5, 5.41) is 3.79. The van der Waals surface area contributed by atoms with E-state index in [0.29, 0.717) is 5.92 Å². The zero-order chi connectivity index (χ0) is 17.5. The Morgan fingerprint density at radius 3 is 2.40 bits per heavy atom. The molecule has 0 aromatic heterocycles. The number of rotatable bonds is 7. The summed E-state index contributed by atoms with van der Waals surface area (Å²) in [6.45, 7) is 6.44. The van der Waals surface area contributed by atoms with Gasteiger partial charge in [-0.05, 0) is 36.5 Å². The minimum Gasteiger partial charge on any atom is -0.382 e. The van der Waals surface area contributed by atoms with E-state index < -0.39 is 0 Å². The van der Waals surface area contributed by atoms with Crippen molar-refractivity contribution in [3.63, 3.8) is 0 Å². The molecule has 1 saturated heterocycles. The van der Waals surface area contributed by atoms with Crippen molar-refractivity contribution in [1.29, 1.82) is 0 Å². The second-order valence-electron chi connectivity index (χ2n) is 7.27. The molecular formula is C22H30N2O. The van der Waals surface area contributed by atoms with Gasteiger partial charge in [0.2, 0.25) is 0 Å². The number of nitrogens with one attached hydrogen (secondary N) is 1. The van der Waals surface area contributed by atoms with Gasteiger partial charge in [-0.25, -0.2) is 0 Å². The van der Waals surface area contributed by atoms with Gasteiger partial charge in [0, 0.05) is 32.4 Å². The Kier molecular flexibility index (Phi) is 6.11. The van der Waals surface area contributed by atoms with E-state index in [1.54, 1.807) is 0 Å². The van der Waals surface area contributed by atoms with Crippen LogP contribution in [0.25, 0.3) is 0 Å². The van der Waals surface area contributed by atoms with Crippen LogP contribution in [0.3, 0.4) is 0 Å². The summed E-state index contributed by atoms with van der Waals surface area (Å²) in [6, 6.07) is 21.3. The third-order valence-corrected chi connectivity index (χ3v) is 5.48. The number of benzene rings is 2. The van der Waals surface area contributed by atoms with Crippen LogP contribution >= 0.6 is 0 Å². The molecule has 0 saturated carbocycles. The summed E-state index contributed by atoms with van der Waals surface area (Å²) in [5.41, 5.74) is 2.62. The van der Waals surface area contributed by atoms with Gasteiger partial charge in [0.15, 0.2) is 0 Å². The molecule has 3 rings (SSSR count). The van der Waals surface area contributed by atoms with E-state index in [9.17, 15) is 0 Å². The lowest BCUT2D eigenvalue weighted by Crippen LogP contribution is -2.58. The Hall–Kier alpha value is -1.84. The van der Waals surface area contributed by atoms with Crippen molar-refractivity contribution in [1.82, 2.24) is 4.90 Å². The highest BCUT2D eigenvalue weighted by molar-refractivity contribution is 5.45. The fourth-order valence-corrected chi connectivity index (χ4v) is 3.90. The maximum atomic E-state index is 5.61. The van der Waals surface area contributed by atoms with Gasteiger partial charge in [0.1, 0.15) is 0 Å². The highest BCUT2D eigenvalue weighted by atomic mass is 16.5. The van der Waals surface area contributed by atoms with E-state index in [2.05, 4.69) is 77.8 Å². The summed E-state index contributed by atoms with van der Waals surface area (Å²) in [5.74, 6) is 0.525. The lowest BCUT2D eigenvalue weighted by molar-refractivity contribution is 0.0510. The van der Waals surface area contributed by atoms with Crippen molar-refractivity contribution in [3.8, 4) is 0 Å². The molecule has 1 N–H and O–H groups in total. The summed E-state index contributed by atoms with van der Waals surface area (Å²) < 4.78 is 5.61. The fraction of sp³-hybridized carbons (Fsp3) is 0.455. The summed E-state index contributed by atoms with van der Waals surface area (Å²) in [6.07, 6.45) is 2.22. The maximum Gasteiger partial charge on any atom is 0.0696 e. The molecule has 0 bridgehead atoms. The number of para-hydroxylation sites is 1. The number of piperidine rings is 1. The van der Waals surface area contributed by atoms with Gasteiger partial charge in [0.05, 0.1) is 12.1 Å². The topological polar surface area (TPSA) is 24.5 Å². The maximum absolute atomic E-state index is 5.61. The van der Waals surface area contributed by atoms with Crippen molar-refractivity contribution >= 4 is 5.69 Å². The molecule has 2 atom stereocenters. The van der Waals surface area contributed by atoms with Crippen LogP contribution in [0.5, 0.6) is 0 Å². The minimum atomic E-state index is 0.0132. The summed E-state index contributed by atoms with van der Waals surface area (Å²) in [7, 11) is 1.81. The van der Waals surface area contributed by atoms with Gasteiger partial charge in [-0.2, -0.15) is 0 Å². The molecule has 134 valence electrons. The molecule has 0 spiro atoms. The Morgan fingerprint density at radius 1 is 1.08 bits per heavy atom. The van der Waals surface area contributed by atoms with Crippen molar-refractivity contribution in [3.05, 3.63) is 66.2 Å². The second-order valence-corrected chi connectivity index (χ2v) is 7.27. The molecule has 3 heteroatoms. The molecule has 0 amide bonds. The Labute approximate surface area is 152 Å². The monoisotopic (exact) mass is 338 g/mol. The molecule has 3 nitrogen and oxygen atoms in total. The highest BCUT2D eigenvalue weighted by Gasteiger charge is 2.40. The van der Waals surface area contributed by atoms with Crippen LogP contribution in [-0.2, 0) is 11.2 Å². The fourth-order valence-electron chi connectivity index (χ4n) is 3.90. The van der Waals surface area contributed by atoms with Crippen molar-refractivity contribution in [2.45, 2.75) is 25.3 Å². The van der Waals surface area contributed by atoms with Gasteiger partial charge >= 0.3 is 0 Å². The van der Waals surface area contributed by atoms with Crippen LogP contribution in [0.4, 0.5) is 5.69 Å². The summed E-state index contributed by atoms with van der Waals surface area (Å²) in [4.78, 5) is 2.60. The average Bonchev–Trinajstić information content (AvgIpc) is 2.65. The number of hydrogen-bond acceptors (Lipinski definition) is 3. The number of anilines is 1. The molecule has 1 fully saturated rings. The van der Waals surface area contributed by atoms with E-state index in [0.717, 1.165) is 39.1 Å². The Balaban J connectivity index is 1.61. The Morgan fingerprint density at radius 2 is 1.76 bits per heavy atom. The summed E-state index contributed by atoms with van der Waals surface area (Å²) >= 11 is 0. The van der Waals surface area contributed by atoms with Gasteiger partial charge in [-0.3, -0.25) is 0 Å². The molecule has 1 aliphatic heterocycles. The SMILES string of the molecule is COC[C@]1(Nc2ccccc2)CCN(CCc2ccccc2)C[C@@H]1C.